The van der Waals surface area contributed by atoms with Crippen molar-refractivity contribution < 1.29 is 19.8 Å². The molecule has 0 aliphatic heterocycles. The van der Waals surface area contributed by atoms with Crippen LogP contribution in [0.2, 0.25) is 0 Å². The number of nitrogens with one attached hydrogen (secondary N) is 2. The largest absolute Gasteiger partial charge is 0.477 e. The van der Waals surface area contributed by atoms with E-state index in [0.29, 0.717) is 24.4 Å². The normalized spacial score (nSPS) is 10.5. The number of rotatable bonds is 11. The number of nitrogens with zero attached hydrogens (tertiary/aromatic N) is 1. The van der Waals surface area contributed by atoms with E-state index >= 15 is 0 Å². The number of aliphatic hydroxyl groups is 1. The SMILES string of the molecule is CCCCCSc1nsc(NC(=O)NCCCCO)c1C(=O)O. The number of carbonyl (C=O) groups is 2. The van der Waals surface area contributed by atoms with Gasteiger partial charge in [0.05, 0.1) is 0 Å². The second kappa shape index (κ2) is 11.3. The molecule has 2 amide bonds. The van der Waals surface area contributed by atoms with Crippen molar-refractivity contribution in [2.75, 3.05) is 24.2 Å². The monoisotopic (exact) mass is 361 g/mol. The standard InChI is InChI=1S/C14H23N3O4S2/c1-2-3-6-9-22-12-10(13(19)20)11(23-17-12)16-14(21)15-7-4-5-8-18/h18H,2-9H2,1H3,(H,19,20)(H2,15,16,21). The summed E-state index contributed by atoms with van der Waals surface area (Å²) in [5, 5.41) is 23.9. The van der Waals surface area contributed by atoms with Gasteiger partial charge in [-0.2, -0.15) is 4.37 Å². The summed E-state index contributed by atoms with van der Waals surface area (Å²) in [5.41, 5.74) is 0.0574. The minimum Gasteiger partial charge on any atom is -0.477 e. The molecule has 0 spiro atoms. The van der Waals surface area contributed by atoms with Gasteiger partial charge in [0.25, 0.3) is 0 Å². The van der Waals surface area contributed by atoms with Crippen LogP contribution in [-0.2, 0) is 0 Å². The first kappa shape index (κ1) is 19.7. The lowest BCUT2D eigenvalue weighted by molar-refractivity contribution is 0.0694. The summed E-state index contributed by atoms with van der Waals surface area (Å²) in [6.45, 7) is 2.61. The van der Waals surface area contributed by atoms with Gasteiger partial charge in [-0.05, 0) is 36.5 Å². The van der Waals surface area contributed by atoms with Gasteiger partial charge in [0.15, 0.2) is 0 Å². The molecule has 9 heteroatoms. The van der Waals surface area contributed by atoms with Gasteiger partial charge >= 0.3 is 12.0 Å². The predicted molar refractivity (Wildman–Crippen MR) is 92.7 cm³/mol. The van der Waals surface area contributed by atoms with Crippen molar-refractivity contribution in [1.29, 1.82) is 0 Å². The van der Waals surface area contributed by atoms with Crippen molar-refractivity contribution in [3.8, 4) is 0 Å². The molecule has 1 aromatic rings. The quantitative estimate of drug-likeness (QED) is 0.356. The highest BCUT2D eigenvalue weighted by Crippen LogP contribution is 2.32. The molecular weight excluding hydrogens is 338 g/mol. The number of carboxylic acid groups (broad SMARTS) is 1. The van der Waals surface area contributed by atoms with Crippen LogP contribution in [0.5, 0.6) is 0 Å². The lowest BCUT2D eigenvalue weighted by atomic mass is 10.3. The Morgan fingerprint density at radius 1 is 1.26 bits per heavy atom. The molecule has 7 nitrogen and oxygen atoms in total. The zero-order valence-corrected chi connectivity index (χ0v) is 14.8. The Bertz CT molecular complexity index is 508. The number of carbonyl (C=O) groups excluding carboxylic acids is 1. The van der Waals surface area contributed by atoms with Crippen LogP contribution in [0.25, 0.3) is 0 Å². The van der Waals surface area contributed by atoms with Crippen LogP contribution in [0.4, 0.5) is 9.80 Å². The number of anilines is 1. The molecule has 0 saturated heterocycles. The van der Waals surface area contributed by atoms with Gasteiger partial charge in [-0.3, -0.25) is 5.32 Å². The van der Waals surface area contributed by atoms with Gasteiger partial charge < -0.3 is 15.5 Å². The van der Waals surface area contributed by atoms with Gasteiger partial charge in [-0.15, -0.1) is 11.8 Å². The fourth-order valence-electron chi connectivity index (χ4n) is 1.75. The van der Waals surface area contributed by atoms with Crippen LogP contribution < -0.4 is 10.6 Å². The fraction of sp³-hybridized carbons (Fsp3) is 0.643. The van der Waals surface area contributed by atoms with E-state index in [-0.39, 0.29) is 17.2 Å². The number of unbranched alkanes of at least 4 members (excludes halogenated alkanes) is 3. The number of hydrogen-bond donors (Lipinski definition) is 4. The first-order valence-electron chi connectivity index (χ1n) is 7.61. The Morgan fingerprint density at radius 2 is 2.04 bits per heavy atom. The summed E-state index contributed by atoms with van der Waals surface area (Å²) in [5.74, 6) is -0.280. The summed E-state index contributed by atoms with van der Waals surface area (Å²) in [6.07, 6.45) is 4.48. The molecule has 0 fully saturated rings. The van der Waals surface area contributed by atoms with Gasteiger partial charge in [0.2, 0.25) is 0 Å². The van der Waals surface area contributed by atoms with Crippen molar-refractivity contribution in [2.45, 2.75) is 44.1 Å². The maximum atomic E-state index is 11.8. The molecule has 130 valence electrons. The minimum atomic E-state index is -1.09. The van der Waals surface area contributed by atoms with E-state index in [1.807, 2.05) is 0 Å². The van der Waals surface area contributed by atoms with E-state index in [1.54, 1.807) is 0 Å². The van der Waals surface area contributed by atoms with Crippen molar-refractivity contribution >= 4 is 40.3 Å². The third kappa shape index (κ3) is 7.19. The fourth-order valence-corrected chi connectivity index (χ4v) is 3.70. The molecule has 0 saturated carbocycles. The molecule has 1 aromatic heterocycles. The molecular formula is C14H23N3O4S2. The molecule has 0 aliphatic carbocycles. The molecule has 1 rings (SSSR count). The maximum absolute atomic E-state index is 11.8. The molecule has 0 unspecified atom stereocenters. The molecule has 23 heavy (non-hydrogen) atoms. The summed E-state index contributed by atoms with van der Waals surface area (Å²) in [7, 11) is 0. The van der Waals surface area contributed by atoms with E-state index in [0.717, 1.165) is 36.5 Å². The molecule has 0 bridgehead atoms. The first-order chi connectivity index (χ1) is 11.1. The second-order valence-corrected chi connectivity index (χ2v) is 6.72. The number of aromatic carboxylic acids is 1. The van der Waals surface area contributed by atoms with Crippen molar-refractivity contribution in [3.63, 3.8) is 0 Å². The molecule has 0 atom stereocenters. The van der Waals surface area contributed by atoms with E-state index in [2.05, 4.69) is 21.9 Å². The number of urea groups is 1. The van der Waals surface area contributed by atoms with Crippen LogP contribution in [0.3, 0.4) is 0 Å². The lowest BCUT2D eigenvalue weighted by Gasteiger charge is -2.06. The van der Waals surface area contributed by atoms with Crippen LogP contribution in [0, 0.1) is 0 Å². The minimum absolute atomic E-state index is 0.0574. The molecule has 1 heterocycles. The van der Waals surface area contributed by atoms with Crippen LogP contribution in [-0.4, -0.2) is 45.5 Å². The number of aliphatic hydroxyl groups excluding tert-OH is 1. The van der Waals surface area contributed by atoms with E-state index < -0.39 is 12.0 Å². The van der Waals surface area contributed by atoms with Gasteiger partial charge in [0, 0.05) is 13.2 Å². The maximum Gasteiger partial charge on any atom is 0.341 e. The number of amides is 2. The predicted octanol–water partition coefficient (Wildman–Crippen LogP) is 3.02. The smallest absolute Gasteiger partial charge is 0.341 e. The Balaban J connectivity index is 2.59. The van der Waals surface area contributed by atoms with Gasteiger partial charge in [0.1, 0.15) is 15.6 Å². The molecule has 0 aromatic carbocycles. The Kier molecular flexibility index (Phi) is 9.65. The van der Waals surface area contributed by atoms with Crippen molar-refractivity contribution in [2.24, 2.45) is 0 Å². The number of carboxylic acids is 1. The molecule has 4 N–H and O–H groups in total. The Hall–Kier alpha value is -1.32. The van der Waals surface area contributed by atoms with E-state index in [1.165, 1.54) is 11.8 Å². The summed E-state index contributed by atoms with van der Waals surface area (Å²) >= 11 is 2.38. The highest BCUT2D eigenvalue weighted by atomic mass is 32.2. The van der Waals surface area contributed by atoms with Crippen LogP contribution in [0.1, 0.15) is 49.4 Å². The Labute approximate surface area is 144 Å². The summed E-state index contributed by atoms with van der Waals surface area (Å²) < 4.78 is 4.15. The third-order valence-electron chi connectivity index (χ3n) is 2.96. The summed E-state index contributed by atoms with van der Waals surface area (Å²) in [4.78, 5) is 23.2. The highest BCUT2D eigenvalue weighted by Gasteiger charge is 2.22. The number of thioether (sulfide) groups is 1. The Morgan fingerprint density at radius 3 is 2.70 bits per heavy atom. The zero-order valence-electron chi connectivity index (χ0n) is 13.1. The van der Waals surface area contributed by atoms with Gasteiger partial charge in [-0.25, -0.2) is 9.59 Å². The average Bonchev–Trinajstić information content (AvgIpc) is 2.91. The van der Waals surface area contributed by atoms with Gasteiger partial charge in [-0.1, -0.05) is 19.8 Å². The van der Waals surface area contributed by atoms with Crippen molar-refractivity contribution in [1.82, 2.24) is 9.69 Å². The van der Waals surface area contributed by atoms with Crippen LogP contribution >= 0.6 is 23.3 Å². The van der Waals surface area contributed by atoms with Crippen molar-refractivity contribution in [3.05, 3.63) is 5.56 Å². The third-order valence-corrected chi connectivity index (χ3v) is 4.90. The first-order valence-corrected chi connectivity index (χ1v) is 9.37. The zero-order chi connectivity index (χ0) is 17.1. The summed E-state index contributed by atoms with van der Waals surface area (Å²) in [6, 6.07) is -0.461. The molecule has 0 radical (unpaired) electrons. The lowest BCUT2D eigenvalue weighted by Crippen LogP contribution is -2.29. The topological polar surface area (TPSA) is 112 Å². The highest BCUT2D eigenvalue weighted by molar-refractivity contribution is 7.99. The van der Waals surface area contributed by atoms with Crippen LogP contribution in [0.15, 0.2) is 5.03 Å². The average molecular weight is 361 g/mol. The van der Waals surface area contributed by atoms with E-state index in [4.69, 9.17) is 5.11 Å². The number of hydrogen-bond acceptors (Lipinski definition) is 6. The van der Waals surface area contributed by atoms with E-state index in [9.17, 15) is 14.7 Å². The number of aromatic nitrogens is 1. The molecule has 0 aliphatic rings. The second-order valence-electron chi connectivity index (χ2n) is 4.86.